The number of hydrogen-bond donors (Lipinski definition) is 1. The lowest BCUT2D eigenvalue weighted by molar-refractivity contribution is 0.549. The van der Waals surface area contributed by atoms with E-state index in [1.807, 2.05) is 13.8 Å². The Labute approximate surface area is 142 Å². The molecule has 1 N–H and O–H groups in total. The van der Waals surface area contributed by atoms with Gasteiger partial charge in [-0.25, -0.2) is 0 Å². The molecule has 0 aromatic heterocycles. The fraction of sp³-hybridized carbons (Fsp3) is 0.667. The highest BCUT2D eigenvalue weighted by molar-refractivity contribution is 5.83. The third-order valence-corrected chi connectivity index (χ3v) is 5.63. The monoisotopic (exact) mass is 314 g/mol. The minimum atomic E-state index is 0.573. The van der Waals surface area contributed by atoms with Gasteiger partial charge in [0.25, 0.3) is 0 Å². The third kappa shape index (κ3) is 3.79. The number of rotatable bonds is 1. The van der Waals surface area contributed by atoms with Crippen LogP contribution in [0.3, 0.4) is 0 Å². The molecule has 0 fully saturated rings. The van der Waals surface area contributed by atoms with Crippen molar-refractivity contribution in [1.82, 2.24) is 5.32 Å². The zero-order chi connectivity index (χ0) is 17.0. The average Bonchev–Trinajstić information content (AvgIpc) is 2.98. The molecule has 2 nitrogen and oxygen atoms in total. The SMILES string of the molecule is CC.Cc1c(C)c(C)c2c(c1C)CCCC(NC1=NCCC1)C2. The number of hydrogen-bond acceptors (Lipinski definition) is 2. The maximum atomic E-state index is 4.59. The van der Waals surface area contributed by atoms with Crippen molar-refractivity contribution in [3.8, 4) is 0 Å². The predicted molar refractivity (Wildman–Crippen MR) is 102 cm³/mol. The van der Waals surface area contributed by atoms with E-state index in [2.05, 4.69) is 38.0 Å². The van der Waals surface area contributed by atoms with E-state index < -0.39 is 0 Å². The molecule has 2 aliphatic rings. The Kier molecular flexibility index (Phi) is 6.26. The molecule has 1 aromatic carbocycles. The Balaban J connectivity index is 0.000000924. The van der Waals surface area contributed by atoms with Crippen LogP contribution in [0.4, 0.5) is 0 Å². The van der Waals surface area contributed by atoms with Crippen LogP contribution in [0.5, 0.6) is 0 Å². The molecule has 1 aromatic rings. The average molecular weight is 315 g/mol. The minimum Gasteiger partial charge on any atom is -0.371 e. The summed E-state index contributed by atoms with van der Waals surface area (Å²) in [6.07, 6.45) is 7.34. The van der Waals surface area contributed by atoms with Gasteiger partial charge in [0.1, 0.15) is 0 Å². The summed E-state index contributed by atoms with van der Waals surface area (Å²) in [4.78, 5) is 4.59. The highest BCUT2D eigenvalue weighted by atomic mass is 15.0. The van der Waals surface area contributed by atoms with Gasteiger partial charge in [0, 0.05) is 19.0 Å². The summed E-state index contributed by atoms with van der Waals surface area (Å²) >= 11 is 0. The number of amidine groups is 1. The Morgan fingerprint density at radius 1 is 0.826 bits per heavy atom. The smallest absolute Gasteiger partial charge is 0.0965 e. The summed E-state index contributed by atoms with van der Waals surface area (Å²) < 4.78 is 0. The van der Waals surface area contributed by atoms with Gasteiger partial charge < -0.3 is 5.32 Å². The van der Waals surface area contributed by atoms with Gasteiger partial charge in [-0.3, -0.25) is 4.99 Å². The van der Waals surface area contributed by atoms with Crippen LogP contribution in [0.25, 0.3) is 0 Å². The van der Waals surface area contributed by atoms with Crippen molar-refractivity contribution in [1.29, 1.82) is 0 Å². The van der Waals surface area contributed by atoms with Gasteiger partial charge in [-0.1, -0.05) is 13.8 Å². The molecular weight excluding hydrogens is 280 g/mol. The van der Waals surface area contributed by atoms with Crippen LogP contribution in [-0.2, 0) is 12.8 Å². The first-order chi connectivity index (χ1) is 11.1. The van der Waals surface area contributed by atoms with Gasteiger partial charge in [0.15, 0.2) is 0 Å². The van der Waals surface area contributed by atoms with Crippen molar-refractivity contribution in [3.05, 3.63) is 33.4 Å². The van der Waals surface area contributed by atoms with Crippen LogP contribution in [0.1, 0.15) is 72.9 Å². The molecule has 1 heterocycles. The van der Waals surface area contributed by atoms with Crippen molar-refractivity contribution < 1.29 is 0 Å². The van der Waals surface area contributed by atoms with Crippen LogP contribution < -0.4 is 5.32 Å². The van der Waals surface area contributed by atoms with Gasteiger partial charge >= 0.3 is 0 Å². The molecule has 0 bridgehead atoms. The zero-order valence-electron chi connectivity index (χ0n) is 16.0. The Morgan fingerprint density at radius 3 is 2.09 bits per heavy atom. The fourth-order valence-electron chi connectivity index (χ4n) is 3.97. The first-order valence-corrected chi connectivity index (χ1v) is 9.46. The van der Waals surface area contributed by atoms with Crippen LogP contribution >= 0.6 is 0 Å². The molecule has 1 aliphatic carbocycles. The van der Waals surface area contributed by atoms with Crippen molar-refractivity contribution in [2.75, 3.05) is 6.54 Å². The van der Waals surface area contributed by atoms with Gasteiger partial charge in [0.05, 0.1) is 5.84 Å². The van der Waals surface area contributed by atoms with E-state index in [9.17, 15) is 0 Å². The van der Waals surface area contributed by atoms with Crippen molar-refractivity contribution in [2.24, 2.45) is 4.99 Å². The summed E-state index contributed by atoms with van der Waals surface area (Å²) in [5.41, 5.74) is 9.29. The minimum absolute atomic E-state index is 0.573. The van der Waals surface area contributed by atoms with E-state index in [-0.39, 0.29) is 0 Å². The van der Waals surface area contributed by atoms with Crippen molar-refractivity contribution in [2.45, 2.75) is 86.1 Å². The number of nitrogens with one attached hydrogen (secondary N) is 1. The Hall–Kier alpha value is -1.31. The molecule has 23 heavy (non-hydrogen) atoms. The molecule has 2 heteroatoms. The van der Waals surface area contributed by atoms with Crippen LogP contribution in [-0.4, -0.2) is 18.4 Å². The van der Waals surface area contributed by atoms with Crippen LogP contribution in [0.2, 0.25) is 0 Å². The highest BCUT2D eigenvalue weighted by Crippen LogP contribution is 2.31. The second-order valence-electron chi connectivity index (χ2n) is 6.83. The van der Waals surface area contributed by atoms with Gasteiger partial charge in [-0.2, -0.15) is 0 Å². The highest BCUT2D eigenvalue weighted by Gasteiger charge is 2.23. The number of aliphatic imine (C=N–C) groups is 1. The first kappa shape index (κ1) is 18.0. The standard InChI is InChI=1S/C19H28N2.C2H6/c1-12-13(2)15(4)18-11-16(21-19-9-6-10-20-19)7-5-8-17(18)14(12)3;1-2/h16H,5-11H2,1-4H3,(H,20,21);1-2H3. The lowest BCUT2D eigenvalue weighted by atomic mass is 9.86. The zero-order valence-corrected chi connectivity index (χ0v) is 16.0. The van der Waals surface area contributed by atoms with E-state index >= 15 is 0 Å². The van der Waals surface area contributed by atoms with E-state index in [0.717, 1.165) is 13.0 Å². The second-order valence-corrected chi connectivity index (χ2v) is 6.83. The summed E-state index contributed by atoms with van der Waals surface area (Å²) in [7, 11) is 0. The summed E-state index contributed by atoms with van der Waals surface area (Å²) in [6, 6.07) is 0.573. The molecule has 0 spiro atoms. The van der Waals surface area contributed by atoms with E-state index in [1.54, 1.807) is 11.1 Å². The molecular formula is C21H34N2. The van der Waals surface area contributed by atoms with Crippen molar-refractivity contribution >= 4 is 5.84 Å². The lowest BCUT2D eigenvalue weighted by Crippen LogP contribution is -2.35. The summed E-state index contributed by atoms with van der Waals surface area (Å²) in [6.45, 7) is 14.2. The van der Waals surface area contributed by atoms with Gasteiger partial charge in [-0.15, -0.1) is 0 Å². The lowest BCUT2D eigenvalue weighted by Gasteiger charge is -2.22. The van der Waals surface area contributed by atoms with Gasteiger partial charge in [-0.05, 0) is 93.2 Å². The fourth-order valence-corrected chi connectivity index (χ4v) is 3.97. The summed E-state index contributed by atoms with van der Waals surface area (Å²) in [5.74, 6) is 1.25. The normalized spacial score (nSPS) is 20.1. The van der Waals surface area contributed by atoms with Crippen LogP contribution in [0, 0.1) is 27.7 Å². The largest absolute Gasteiger partial charge is 0.371 e. The second kappa shape index (κ2) is 7.99. The molecule has 0 saturated carbocycles. The van der Waals surface area contributed by atoms with E-state index in [4.69, 9.17) is 0 Å². The molecule has 128 valence electrons. The molecule has 1 atom stereocenters. The molecule has 0 saturated heterocycles. The van der Waals surface area contributed by atoms with E-state index in [0.29, 0.717) is 6.04 Å². The van der Waals surface area contributed by atoms with Crippen molar-refractivity contribution in [3.63, 3.8) is 0 Å². The summed E-state index contributed by atoms with van der Waals surface area (Å²) in [5, 5.41) is 3.73. The number of fused-ring (bicyclic) bond motifs is 1. The Bertz CT molecular complexity index is 584. The maximum Gasteiger partial charge on any atom is 0.0965 e. The molecule has 3 rings (SSSR count). The maximum absolute atomic E-state index is 4.59. The predicted octanol–water partition coefficient (Wildman–Crippen LogP) is 4.98. The van der Waals surface area contributed by atoms with Gasteiger partial charge in [0.2, 0.25) is 0 Å². The quantitative estimate of drug-likeness (QED) is 0.727. The topological polar surface area (TPSA) is 24.4 Å². The molecule has 0 amide bonds. The number of benzene rings is 1. The third-order valence-electron chi connectivity index (χ3n) is 5.63. The van der Waals surface area contributed by atoms with E-state index in [1.165, 1.54) is 60.2 Å². The molecule has 1 aliphatic heterocycles. The van der Waals surface area contributed by atoms with Crippen LogP contribution in [0.15, 0.2) is 4.99 Å². The first-order valence-electron chi connectivity index (χ1n) is 9.46. The molecule has 0 radical (unpaired) electrons. The number of nitrogens with zero attached hydrogens (tertiary/aromatic N) is 1. The Morgan fingerprint density at radius 2 is 1.48 bits per heavy atom. The molecule has 1 unspecified atom stereocenters.